The Balaban J connectivity index is 2.18. The van der Waals surface area contributed by atoms with Gasteiger partial charge in [-0.25, -0.2) is 25.9 Å². The third kappa shape index (κ3) is 3.97. The van der Waals surface area contributed by atoms with Crippen LogP contribution in [0.2, 0.25) is 0 Å². The molecule has 1 saturated heterocycles. The van der Waals surface area contributed by atoms with Crippen LogP contribution in [0.4, 0.5) is 0 Å². The molecule has 1 aliphatic heterocycles. The predicted molar refractivity (Wildman–Crippen MR) is 88.5 cm³/mol. The molecule has 0 spiro atoms. The van der Waals surface area contributed by atoms with Crippen molar-refractivity contribution in [3.8, 4) is 0 Å². The number of ether oxygens (including phenoxy) is 1. The van der Waals surface area contributed by atoms with Crippen molar-refractivity contribution in [3.05, 3.63) is 11.9 Å². The van der Waals surface area contributed by atoms with Gasteiger partial charge >= 0.3 is 0 Å². The Labute approximate surface area is 143 Å². The molecule has 0 aliphatic carbocycles. The van der Waals surface area contributed by atoms with Gasteiger partial charge in [-0.15, -0.1) is 0 Å². The lowest BCUT2D eigenvalue weighted by Gasteiger charge is -2.20. The van der Waals surface area contributed by atoms with E-state index in [1.807, 2.05) is 6.92 Å². The van der Waals surface area contributed by atoms with E-state index >= 15 is 0 Å². The molecule has 0 unspecified atom stereocenters. The van der Waals surface area contributed by atoms with Crippen LogP contribution in [-0.4, -0.2) is 70.0 Å². The van der Waals surface area contributed by atoms with Crippen molar-refractivity contribution in [3.63, 3.8) is 0 Å². The fourth-order valence-electron chi connectivity index (χ4n) is 2.59. The fraction of sp³-hybridized carbons (Fsp3) is 0.769. The summed E-state index contributed by atoms with van der Waals surface area (Å²) in [5.74, 6) is -0.603. The molecule has 1 fully saturated rings. The van der Waals surface area contributed by atoms with Crippen LogP contribution in [0.1, 0.15) is 12.6 Å². The van der Waals surface area contributed by atoms with Crippen molar-refractivity contribution in [2.75, 3.05) is 33.1 Å². The molecule has 1 aromatic heterocycles. The largest absolute Gasteiger partial charge is 0.379 e. The van der Waals surface area contributed by atoms with Gasteiger partial charge in [-0.2, -0.15) is 5.10 Å². The predicted octanol–water partition coefficient (Wildman–Crippen LogP) is -0.604. The van der Waals surface area contributed by atoms with Gasteiger partial charge in [0.1, 0.15) is 4.90 Å². The average molecular weight is 380 g/mol. The third-order valence-electron chi connectivity index (χ3n) is 4.13. The Hall–Kier alpha value is -1.01. The minimum absolute atomic E-state index is 0.102. The summed E-state index contributed by atoms with van der Waals surface area (Å²) in [4.78, 5) is 0.102. The molecule has 2 atom stereocenters. The van der Waals surface area contributed by atoms with Crippen LogP contribution >= 0.6 is 0 Å². The Kier molecular flexibility index (Phi) is 5.70. The van der Waals surface area contributed by atoms with E-state index in [2.05, 4.69) is 9.82 Å². The van der Waals surface area contributed by atoms with Crippen LogP contribution < -0.4 is 4.72 Å². The van der Waals surface area contributed by atoms with Gasteiger partial charge in [-0.3, -0.25) is 4.68 Å². The molecule has 0 aromatic carbocycles. The monoisotopic (exact) mass is 380 g/mol. The van der Waals surface area contributed by atoms with Crippen molar-refractivity contribution >= 4 is 20.0 Å². The second-order valence-corrected chi connectivity index (χ2v) is 9.91. The minimum Gasteiger partial charge on any atom is -0.379 e. The molecule has 1 aliphatic rings. The van der Waals surface area contributed by atoms with Gasteiger partial charge in [0.15, 0.2) is 0 Å². The van der Waals surface area contributed by atoms with E-state index in [1.165, 1.54) is 20.3 Å². The Morgan fingerprint density at radius 2 is 2.00 bits per heavy atom. The van der Waals surface area contributed by atoms with E-state index in [0.717, 1.165) is 4.31 Å². The van der Waals surface area contributed by atoms with Crippen molar-refractivity contribution in [1.29, 1.82) is 0 Å². The highest BCUT2D eigenvalue weighted by Gasteiger charge is 2.36. The van der Waals surface area contributed by atoms with E-state index in [0.29, 0.717) is 12.2 Å². The molecular weight excluding hydrogens is 356 g/mol. The zero-order chi connectivity index (χ0) is 18.1. The molecule has 1 aromatic rings. The second kappa shape index (κ2) is 7.08. The minimum atomic E-state index is -3.79. The number of hydrogen-bond acceptors (Lipinski definition) is 6. The molecular formula is C13H24N4O5S2. The lowest BCUT2D eigenvalue weighted by Crippen LogP contribution is -2.43. The van der Waals surface area contributed by atoms with Crippen LogP contribution in [0, 0.1) is 12.8 Å². The highest BCUT2D eigenvalue weighted by Crippen LogP contribution is 2.21. The molecule has 138 valence electrons. The Morgan fingerprint density at radius 1 is 1.33 bits per heavy atom. The molecule has 0 radical (unpaired) electrons. The lowest BCUT2D eigenvalue weighted by molar-refractivity contribution is 0.185. The van der Waals surface area contributed by atoms with Crippen molar-refractivity contribution in [2.45, 2.75) is 31.3 Å². The molecule has 2 heterocycles. The normalized spacial score (nSPS) is 22.4. The lowest BCUT2D eigenvalue weighted by atomic mass is 10.1. The van der Waals surface area contributed by atoms with Crippen LogP contribution in [0.25, 0.3) is 0 Å². The zero-order valence-electron chi connectivity index (χ0n) is 14.3. The molecule has 0 amide bonds. The van der Waals surface area contributed by atoms with Crippen molar-refractivity contribution in [1.82, 2.24) is 18.8 Å². The number of aryl methyl sites for hydroxylation is 1. The number of aromatic nitrogens is 2. The number of nitrogens with one attached hydrogen (secondary N) is 1. The molecule has 9 nitrogen and oxygen atoms in total. The summed E-state index contributed by atoms with van der Waals surface area (Å²) < 4.78 is 59.9. The first-order chi connectivity index (χ1) is 11.1. The van der Waals surface area contributed by atoms with E-state index in [9.17, 15) is 16.8 Å². The summed E-state index contributed by atoms with van der Waals surface area (Å²) in [6, 6.07) is -0.589. The van der Waals surface area contributed by atoms with Gasteiger partial charge in [0.2, 0.25) is 20.0 Å². The maximum absolute atomic E-state index is 12.6. The maximum atomic E-state index is 12.6. The van der Waals surface area contributed by atoms with Gasteiger partial charge in [0.05, 0.1) is 36.9 Å². The topological polar surface area (TPSA) is 111 Å². The number of sulfonamides is 2. The summed E-state index contributed by atoms with van der Waals surface area (Å²) in [5, 5.41) is 4.04. The van der Waals surface area contributed by atoms with Gasteiger partial charge in [0, 0.05) is 26.6 Å². The van der Waals surface area contributed by atoms with Crippen LogP contribution in [0.15, 0.2) is 11.1 Å². The average Bonchev–Trinajstić information content (AvgIpc) is 3.05. The Bertz CT molecular complexity index is 785. The molecule has 1 N–H and O–H groups in total. The standard InChI is InChI=1S/C13H24N4O5S2/c1-5-17-10(2)13(6-14-17)24(20,21)15-12-8-22-7-11(12)9-23(18,19)16(3)4/h6,11-12,15H,5,7-9H2,1-4H3/t11-,12-/m0/s1. The van der Waals surface area contributed by atoms with Gasteiger partial charge in [0.25, 0.3) is 0 Å². The molecule has 0 saturated carbocycles. The maximum Gasteiger partial charge on any atom is 0.244 e. The summed E-state index contributed by atoms with van der Waals surface area (Å²) in [7, 11) is -4.33. The van der Waals surface area contributed by atoms with Crippen LogP contribution in [0.3, 0.4) is 0 Å². The van der Waals surface area contributed by atoms with Gasteiger partial charge < -0.3 is 4.74 Å². The summed E-state index contributed by atoms with van der Waals surface area (Å²) in [6.07, 6.45) is 1.31. The SMILES string of the molecule is CCn1ncc(S(=O)(=O)N[C@H]2COC[C@H]2CS(=O)(=O)N(C)C)c1C. The van der Waals surface area contributed by atoms with E-state index < -0.39 is 32.0 Å². The summed E-state index contributed by atoms with van der Waals surface area (Å²) in [5.41, 5.74) is 0.543. The number of rotatable bonds is 7. The fourth-order valence-corrected chi connectivity index (χ4v) is 5.22. The first kappa shape index (κ1) is 19.3. The molecule has 2 rings (SSSR count). The zero-order valence-corrected chi connectivity index (χ0v) is 15.9. The van der Waals surface area contributed by atoms with Crippen molar-refractivity contribution < 1.29 is 21.6 Å². The van der Waals surface area contributed by atoms with E-state index in [1.54, 1.807) is 11.6 Å². The van der Waals surface area contributed by atoms with E-state index in [4.69, 9.17) is 4.74 Å². The van der Waals surface area contributed by atoms with Gasteiger partial charge in [-0.1, -0.05) is 0 Å². The van der Waals surface area contributed by atoms with Gasteiger partial charge in [-0.05, 0) is 13.8 Å². The second-order valence-electron chi connectivity index (χ2n) is 6.00. The highest BCUT2D eigenvalue weighted by molar-refractivity contribution is 7.89. The highest BCUT2D eigenvalue weighted by atomic mass is 32.2. The Morgan fingerprint density at radius 3 is 2.54 bits per heavy atom. The van der Waals surface area contributed by atoms with Crippen LogP contribution in [-0.2, 0) is 31.3 Å². The van der Waals surface area contributed by atoms with Crippen LogP contribution in [0.5, 0.6) is 0 Å². The molecule has 0 bridgehead atoms. The van der Waals surface area contributed by atoms with Crippen molar-refractivity contribution in [2.24, 2.45) is 5.92 Å². The first-order valence-corrected chi connectivity index (χ1v) is 10.7. The molecule has 24 heavy (non-hydrogen) atoms. The third-order valence-corrected chi connectivity index (χ3v) is 7.69. The van der Waals surface area contributed by atoms with E-state index in [-0.39, 0.29) is 23.9 Å². The summed E-state index contributed by atoms with van der Waals surface area (Å²) >= 11 is 0. The first-order valence-electron chi connectivity index (χ1n) is 7.61. The molecule has 11 heteroatoms. The quantitative estimate of drug-likeness (QED) is 0.676. The smallest absolute Gasteiger partial charge is 0.244 e. The summed E-state index contributed by atoms with van der Waals surface area (Å²) in [6.45, 7) is 4.47. The number of hydrogen-bond donors (Lipinski definition) is 1. The number of nitrogens with zero attached hydrogens (tertiary/aromatic N) is 3.